The summed E-state index contributed by atoms with van der Waals surface area (Å²) in [6, 6.07) is 3.23. The van der Waals surface area contributed by atoms with Crippen LogP contribution >= 0.6 is 0 Å². The lowest BCUT2D eigenvalue weighted by Gasteiger charge is -2.20. The van der Waals surface area contributed by atoms with Crippen molar-refractivity contribution < 1.29 is 9.90 Å². The number of nitrogens with zero attached hydrogens (tertiary/aromatic N) is 3. The van der Waals surface area contributed by atoms with Crippen LogP contribution in [0.25, 0.3) is 0 Å². The lowest BCUT2D eigenvalue weighted by molar-refractivity contribution is 0.0690. The molecule has 2 aliphatic heterocycles. The van der Waals surface area contributed by atoms with E-state index in [0.717, 1.165) is 17.9 Å². The highest BCUT2D eigenvalue weighted by Crippen LogP contribution is 2.33. The number of aromatic carboxylic acids is 1. The number of carbonyl (C=O) groups is 1. The third-order valence-electron chi connectivity index (χ3n) is 2.41. The van der Waals surface area contributed by atoms with Crippen LogP contribution in [0.4, 0.5) is 11.5 Å². The van der Waals surface area contributed by atoms with Crippen LogP contribution in [-0.2, 0) is 0 Å². The average Bonchev–Trinajstić information content (AvgIpc) is 2.60. The Balaban J connectivity index is 2.17. The van der Waals surface area contributed by atoms with Crippen molar-refractivity contribution in [3.05, 3.63) is 30.1 Å². The first-order valence-corrected chi connectivity index (χ1v) is 4.51. The van der Waals surface area contributed by atoms with Crippen molar-refractivity contribution in [1.82, 2.24) is 4.98 Å². The van der Waals surface area contributed by atoms with Gasteiger partial charge in [0, 0.05) is 6.20 Å². The van der Waals surface area contributed by atoms with Gasteiger partial charge in [-0.1, -0.05) is 0 Å². The molecule has 3 rings (SSSR count). The Morgan fingerprint density at radius 3 is 3.13 bits per heavy atom. The first-order chi connectivity index (χ1) is 7.24. The lowest BCUT2D eigenvalue weighted by Crippen LogP contribution is -2.21. The summed E-state index contributed by atoms with van der Waals surface area (Å²) in [5, 5.41) is 8.79. The predicted octanol–water partition coefficient (Wildman–Crippen LogP) is 1.20. The zero-order valence-electron chi connectivity index (χ0n) is 7.71. The van der Waals surface area contributed by atoms with Gasteiger partial charge in [-0.15, -0.1) is 0 Å². The average molecular weight is 201 g/mol. The number of fused-ring (bicyclic) bond motifs is 4. The second kappa shape index (κ2) is 2.66. The van der Waals surface area contributed by atoms with E-state index in [1.54, 1.807) is 6.07 Å². The fraction of sp³-hybridized carbons (Fsp3) is 0.100. The molecule has 74 valence electrons. The number of carboxylic acids is 1. The second-order valence-corrected chi connectivity index (χ2v) is 3.39. The number of carboxylic acid groups (broad SMARTS) is 1. The first-order valence-electron chi connectivity index (χ1n) is 4.51. The van der Waals surface area contributed by atoms with E-state index in [1.165, 1.54) is 6.07 Å². The van der Waals surface area contributed by atoms with Gasteiger partial charge in [-0.3, -0.25) is 0 Å². The molecule has 15 heavy (non-hydrogen) atoms. The highest BCUT2D eigenvalue weighted by Gasteiger charge is 2.22. The smallest absolute Gasteiger partial charge is 0.354 e. The van der Waals surface area contributed by atoms with Gasteiger partial charge in [0.2, 0.25) is 0 Å². The SMILES string of the molecule is O=C(O)c1ccc2c(n1)N=C1C=CN2C1. The Kier molecular flexibility index (Phi) is 1.45. The van der Waals surface area contributed by atoms with Crippen molar-refractivity contribution in [2.75, 3.05) is 11.4 Å². The largest absolute Gasteiger partial charge is 0.477 e. The van der Waals surface area contributed by atoms with Gasteiger partial charge in [0.05, 0.1) is 17.9 Å². The van der Waals surface area contributed by atoms with E-state index in [0.29, 0.717) is 5.82 Å². The molecule has 0 amide bonds. The van der Waals surface area contributed by atoms with Crippen molar-refractivity contribution in [3.63, 3.8) is 0 Å². The van der Waals surface area contributed by atoms with Crippen LogP contribution < -0.4 is 4.90 Å². The second-order valence-electron chi connectivity index (χ2n) is 3.39. The Bertz CT molecular complexity index is 519. The summed E-state index contributed by atoms with van der Waals surface area (Å²) in [4.78, 5) is 21.0. The summed E-state index contributed by atoms with van der Waals surface area (Å²) < 4.78 is 0. The fourth-order valence-electron chi connectivity index (χ4n) is 1.70. The fourth-order valence-corrected chi connectivity index (χ4v) is 1.70. The third-order valence-corrected chi connectivity index (χ3v) is 2.41. The normalized spacial score (nSPS) is 16.3. The molecule has 0 spiro atoms. The van der Waals surface area contributed by atoms with Crippen LogP contribution in [0.1, 0.15) is 10.5 Å². The molecular formula is C10H7N3O2. The van der Waals surface area contributed by atoms with E-state index in [9.17, 15) is 4.79 Å². The van der Waals surface area contributed by atoms with E-state index in [-0.39, 0.29) is 5.69 Å². The van der Waals surface area contributed by atoms with Gasteiger partial charge in [0.25, 0.3) is 0 Å². The molecule has 2 aliphatic rings. The first kappa shape index (κ1) is 8.16. The van der Waals surface area contributed by atoms with Crippen molar-refractivity contribution >= 4 is 23.2 Å². The molecule has 0 unspecified atom stereocenters. The Labute approximate surface area is 85.4 Å². The molecule has 5 heteroatoms. The molecule has 0 atom stereocenters. The maximum Gasteiger partial charge on any atom is 0.354 e. The Hall–Kier alpha value is -2.17. The van der Waals surface area contributed by atoms with Crippen LogP contribution in [0.2, 0.25) is 0 Å². The minimum atomic E-state index is -1.03. The minimum absolute atomic E-state index is 0.0283. The molecule has 0 saturated heterocycles. The van der Waals surface area contributed by atoms with E-state index in [4.69, 9.17) is 5.11 Å². The number of anilines is 1. The van der Waals surface area contributed by atoms with E-state index in [2.05, 4.69) is 9.98 Å². The van der Waals surface area contributed by atoms with Gasteiger partial charge < -0.3 is 10.0 Å². The van der Waals surface area contributed by atoms with Crippen molar-refractivity contribution in [2.45, 2.75) is 0 Å². The molecular weight excluding hydrogens is 194 g/mol. The van der Waals surface area contributed by atoms with Crippen molar-refractivity contribution in [1.29, 1.82) is 0 Å². The number of pyridine rings is 1. The number of aromatic nitrogens is 1. The van der Waals surface area contributed by atoms with Crippen LogP contribution in [-0.4, -0.2) is 28.3 Å². The standard InChI is InChI=1S/C10H7N3O2/c14-10(15)7-1-2-8-9(12-7)11-6-3-4-13(8)5-6/h1-4H,5H2,(H,14,15). The summed E-state index contributed by atoms with van der Waals surface area (Å²) in [5.74, 6) is -0.542. The van der Waals surface area contributed by atoms with E-state index >= 15 is 0 Å². The van der Waals surface area contributed by atoms with Gasteiger partial charge in [-0.05, 0) is 18.2 Å². The van der Waals surface area contributed by atoms with Crippen LogP contribution in [0, 0.1) is 0 Å². The van der Waals surface area contributed by atoms with Gasteiger partial charge in [-0.2, -0.15) is 0 Å². The van der Waals surface area contributed by atoms with E-state index in [1.807, 2.05) is 17.2 Å². The van der Waals surface area contributed by atoms with Crippen molar-refractivity contribution in [2.24, 2.45) is 4.99 Å². The lowest BCUT2D eigenvalue weighted by atomic mass is 10.2. The van der Waals surface area contributed by atoms with Crippen LogP contribution in [0.5, 0.6) is 0 Å². The highest BCUT2D eigenvalue weighted by molar-refractivity contribution is 6.06. The molecule has 2 bridgehead atoms. The molecule has 0 fully saturated rings. The molecule has 1 aromatic heterocycles. The topological polar surface area (TPSA) is 65.8 Å². The van der Waals surface area contributed by atoms with Crippen LogP contribution in [0.15, 0.2) is 29.4 Å². The zero-order chi connectivity index (χ0) is 10.4. The van der Waals surface area contributed by atoms with Gasteiger partial charge in [0.1, 0.15) is 0 Å². The molecule has 5 nitrogen and oxygen atoms in total. The maximum absolute atomic E-state index is 10.7. The molecule has 0 aliphatic carbocycles. The summed E-state index contributed by atoms with van der Waals surface area (Å²) in [6.07, 6.45) is 3.83. The molecule has 3 heterocycles. The molecule has 0 aromatic carbocycles. The highest BCUT2D eigenvalue weighted by atomic mass is 16.4. The number of hydrogen-bond donors (Lipinski definition) is 1. The van der Waals surface area contributed by atoms with Gasteiger partial charge in [-0.25, -0.2) is 14.8 Å². The van der Waals surface area contributed by atoms with Crippen molar-refractivity contribution in [3.8, 4) is 0 Å². The molecule has 0 radical (unpaired) electrons. The maximum atomic E-state index is 10.7. The molecule has 0 saturated carbocycles. The third kappa shape index (κ3) is 1.13. The summed E-state index contributed by atoms with van der Waals surface area (Å²) in [6.45, 7) is 0.751. The number of rotatable bonds is 1. The zero-order valence-corrected chi connectivity index (χ0v) is 7.71. The minimum Gasteiger partial charge on any atom is -0.477 e. The number of aliphatic imine (C=N–C) groups is 1. The monoisotopic (exact) mass is 201 g/mol. The quantitative estimate of drug-likeness (QED) is 0.741. The molecule has 1 aromatic rings. The van der Waals surface area contributed by atoms with Gasteiger partial charge >= 0.3 is 5.97 Å². The van der Waals surface area contributed by atoms with E-state index < -0.39 is 5.97 Å². The summed E-state index contributed by atoms with van der Waals surface area (Å²) >= 11 is 0. The van der Waals surface area contributed by atoms with Gasteiger partial charge in [0.15, 0.2) is 11.5 Å². The van der Waals surface area contributed by atoms with Crippen LogP contribution in [0.3, 0.4) is 0 Å². The number of hydrogen-bond acceptors (Lipinski definition) is 4. The Morgan fingerprint density at radius 1 is 1.47 bits per heavy atom. The summed E-state index contributed by atoms with van der Waals surface area (Å²) in [5.41, 5.74) is 1.80. The Morgan fingerprint density at radius 2 is 2.33 bits per heavy atom. The summed E-state index contributed by atoms with van der Waals surface area (Å²) in [7, 11) is 0. The molecule has 1 N–H and O–H groups in total. The predicted molar refractivity (Wildman–Crippen MR) is 54.8 cm³/mol.